The summed E-state index contributed by atoms with van der Waals surface area (Å²) in [5.74, 6) is -0.340. The fourth-order valence-electron chi connectivity index (χ4n) is 0.636. The largest absolute Gasteiger partial charge is 0.466 e. The number of ether oxygens (including phenoxy) is 1. The third-order valence-corrected chi connectivity index (χ3v) is 2.99. The van der Waals surface area contributed by atoms with Gasteiger partial charge >= 0.3 is 5.97 Å². The molecule has 0 aliphatic heterocycles. The third kappa shape index (κ3) is 2.46. The zero-order chi connectivity index (χ0) is 8.97. The number of hydrogen-bond donors (Lipinski definition) is 0. The van der Waals surface area contributed by atoms with Gasteiger partial charge in [0.1, 0.15) is 0 Å². The molecule has 0 saturated carbocycles. The number of methoxy groups -OCH3 is 1. The molecule has 1 heterocycles. The van der Waals surface area contributed by atoms with Crippen molar-refractivity contribution in [2.24, 2.45) is 0 Å². The molecule has 0 bridgehead atoms. The minimum absolute atomic E-state index is 0.340. The Morgan fingerprint density at radius 3 is 2.92 bits per heavy atom. The van der Waals surface area contributed by atoms with Crippen LogP contribution in [0.1, 0.15) is 5.56 Å². The molecule has 1 aromatic heterocycles. The highest BCUT2D eigenvalue weighted by atomic mass is 79.9. The normalized spacial score (nSPS) is 10.5. The number of carbonyl (C=O) groups excluding carboxylic acids is 1. The van der Waals surface area contributed by atoms with Crippen molar-refractivity contribution in [1.82, 2.24) is 0 Å². The SMILES string of the molecule is COC(=O)C=Cc1cscc1Br. The molecule has 0 amide bonds. The molecule has 0 radical (unpaired) electrons. The Hall–Kier alpha value is -0.610. The van der Waals surface area contributed by atoms with Crippen molar-refractivity contribution >= 4 is 39.3 Å². The van der Waals surface area contributed by atoms with Crippen LogP contribution in [0, 0.1) is 0 Å². The van der Waals surface area contributed by atoms with Crippen molar-refractivity contribution in [3.8, 4) is 0 Å². The molecule has 1 rings (SSSR count). The number of rotatable bonds is 2. The van der Waals surface area contributed by atoms with Crippen LogP contribution in [0.3, 0.4) is 0 Å². The van der Waals surface area contributed by atoms with Crippen LogP contribution in [-0.2, 0) is 9.53 Å². The maximum Gasteiger partial charge on any atom is 0.330 e. The van der Waals surface area contributed by atoms with Crippen LogP contribution in [-0.4, -0.2) is 13.1 Å². The molecular weight excluding hydrogens is 240 g/mol. The zero-order valence-electron chi connectivity index (χ0n) is 6.41. The van der Waals surface area contributed by atoms with Crippen molar-refractivity contribution in [2.45, 2.75) is 0 Å². The van der Waals surface area contributed by atoms with Gasteiger partial charge in [0.05, 0.1) is 7.11 Å². The Labute approximate surface area is 83.0 Å². The minimum Gasteiger partial charge on any atom is -0.466 e. The molecule has 0 aliphatic rings. The Bertz CT molecular complexity index is 304. The van der Waals surface area contributed by atoms with E-state index in [2.05, 4.69) is 20.7 Å². The van der Waals surface area contributed by atoms with Crippen molar-refractivity contribution < 1.29 is 9.53 Å². The highest BCUT2D eigenvalue weighted by molar-refractivity contribution is 9.10. The van der Waals surface area contributed by atoms with E-state index in [-0.39, 0.29) is 5.97 Å². The first kappa shape index (κ1) is 9.48. The molecule has 0 N–H and O–H groups in total. The highest BCUT2D eigenvalue weighted by Crippen LogP contribution is 2.22. The average Bonchev–Trinajstić information content (AvgIpc) is 2.47. The maximum atomic E-state index is 10.7. The quantitative estimate of drug-likeness (QED) is 0.593. The van der Waals surface area contributed by atoms with Crippen LogP contribution in [0.2, 0.25) is 0 Å². The number of halogens is 1. The molecule has 1 aromatic rings. The maximum absolute atomic E-state index is 10.7. The lowest BCUT2D eigenvalue weighted by atomic mass is 10.3. The fourth-order valence-corrected chi connectivity index (χ4v) is 2.03. The van der Waals surface area contributed by atoms with E-state index in [0.717, 1.165) is 10.0 Å². The predicted molar refractivity (Wildman–Crippen MR) is 53.1 cm³/mol. The lowest BCUT2D eigenvalue weighted by Gasteiger charge is -1.89. The van der Waals surface area contributed by atoms with E-state index in [0.29, 0.717) is 0 Å². The standard InChI is InChI=1S/C8H7BrO2S/c1-11-8(10)3-2-6-4-12-5-7(6)9/h2-5H,1H3. The van der Waals surface area contributed by atoms with Crippen LogP contribution in [0.5, 0.6) is 0 Å². The number of carbonyl (C=O) groups is 1. The van der Waals surface area contributed by atoms with E-state index < -0.39 is 0 Å². The van der Waals surface area contributed by atoms with E-state index in [1.165, 1.54) is 13.2 Å². The summed E-state index contributed by atoms with van der Waals surface area (Å²) in [6.07, 6.45) is 3.11. The average molecular weight is 247 g/mol. The van der Waals surface area contributed by atoms with Gasteiger partial charge in [0, 0.05) is 15.9 Å². The summed E-state index contributed by atoms with van der Waals surface area (Å²) >= 11 is 4.92. The molecule has 4 heteroatoms. The number of thiophene rings is 1. The van der Waals surface area contributed by atoms with Crippen molar-refractivity contribution in [2.75, 3.05) is 7.11 Å². The Balaban J connectivity index is 2.69. The summed E-state index contributed by atoms with van der Waals surface area (Å²) in [6.45, 7) is 0. The molecular formula is C8H7BrO2S. The first-order valence-electron chi connectivity index (χ1n) is 3.21. The molecule has 0 aliphatic carbocycles. The molecule has 0 spiro atoms. The van der Waals surface area contributed by atoms with E-state index in [1.807, 2.05) is 10.8 Å². The van der Waals surface area contributed by atoms with Gasteiger partial charge in [0.25, 0.3) is 0 Å². The molecule has 0 saturated heterocycles. The molecule has 12 heavy (non-hydrogen) atoms. The second kappa shape index (κ2) is 4.42. The van der Waals surface area contributed by atoms with Crippen LogP contribution in [0.15, 0.2) is 21.3 Å². The molecule has 0 fully saturated rings. The van der Waals surface area contributed by atoms with Crippen molar-refractivity contribution in [1.29, 1.82) is 0 Å². The predicted octanol–water partition coefficient (Wildman–Crippen LogP) is 2.70. The monoisotopic (exact) mass is 246 g/mol. The van der Waals surface area contributed by atoms with Gasteiger partial charge in [0.15, 0.2) is 0 Å². The van der Waals surface area contributed by atoms with Crippen LogP contribution in [0.25, 0.3) is 6.08 Å². The van der Waals surface area contributed by atoms with E-state index >= 15 is 0 Å². The van der Waals surface area contributed by atoms with Crippen LogP contribution in [0.4, 0.5) is 0 Å². The fraction of sp³-hybridized carbons (Fsp3) is 0.125. The van der Waals surface area contributed by atoms with Gasteiger partial charge in [-0.2, -0.15) is 11.3 Å². The van der Waals surface area contributed by atoms with Crippen LogP contribution >= 0.6 is 27.3 Å². The molecule has 2 nitrogen and oxygen atoms in total. The summed E-state index contributed by atoms with van der Waals surface area (Å²) in [5.41, 5.74) is 0.991. The van der Waals surface area contributed by atoms with Gasteiger partial charge < -0.3 is 4.74 Å². The number of hydrogen-bond acceptors (Lipinski definition) is 3. The topological polar surface area (TPSA) is 26.3 Å². The highest BCUT2D eigenvalue weighted by Gasteiger charge is 1.96. The first-order valence-corrected chi connectivity index (χ1v) is 4.95. The van der Waals surface area contributed by atoms with Crippen molar-refractivity contribution in [3.63, 3.8) is 0 Å². The Kier molecular flexibility index (Phi) is 3.49. The Morgan fingerprint density at radius 2 is 2.42 bits per heavy atom. The summed E-state index contributed by atoms with van der Waals surface area (Å²) in [7, 11) is 1.36. The van der Waals surface area contributed by atoms with Gasteiger partial charge in [-0.1, -0.05) is 0 Å². The molecule has 0 atom stereocenters. The smallest absolute Gasteiger partial charge is 0.330 e. The second-order valence-electron chi connectivity index (χ2n) is 2.03. The van der Waals surface area contributed by atoms with Crippen molar-refractivity contribution in [3.05, 3.63) is 26.9 Å². The number of esters is 1. The second-order valence-corrected chi connectivity index (χ2v) is 3.63. The van der Waals surface area contributed by atoms with E-state index in [9.17, 15) is 4.79 Å². The lowest BCUT2D eigenvalue weighted by molar-refractivity contribution is -0.134. The van der Waals surface area contributed by atoms with E-state index in [1.54, 1.807) is 17.4 Å². The molecule has 0 aromatic carbocycles. The van der Waals surface area contributed by atoms with Gasteiger partial charge in [-0.15, -0.1) is 0 Å². The van der Waals surface area contributed by atoms with Gasteiger partial charge in [0.2, 0.25) is 0 Å². The van der Waals surface area contributed by atoms with Gasteiger partial charge in [-0.05, 0) is 32.9 Å². The minimum atomic E-state index is -0.340. The summed E-state index contributed by atoms with van der Waals surface area (Å²) in [6, 6.07) is 0. The summed E-state index contributed by atoms with van der Waals surface area (Å²) in [4.78, 5) is 10.7. The van der Waals surface area contributed by atoms with Crippen LogP contribution < -0.4 is 0 Å². The lowest BCUT2D eigenvalue weighted by Crippen LogP contribution is -1.92. The molecule has 64 valence electrons. The van der Waals surface area contributed by atoms with E-state index in [4.69, 9.17) is 0 Å². The summed E-state index contributed by atoms with van der Waals surface area (Å²) < 4.78 is 5.44. The Morgan fingerprint density at radius 1 is 1.67 bits per heavy atom. The van der Waals surface area contributed by atoms with Gasteiger partial charge in [-0.25, -0.2) is 4.79 Å². The third-order valence-electron chi connectivity index (χ3n) is 1.24. The van der Waals surface area contributed by atoms with Gasteiger partial charge in [-0.3, -0.25) is 0 Å². The zero-order valence-corrected chi connectivity index (χ0v) is 8.81. The summed E-state index contributed by atoms with van der Waals surface area (Å²) in [5, 5.41) is 3.90. The molecule has 0 unspecified atom stereocenters. The first-order chi connectivity index (χ1) is 5.74.